The summed E-state index contributed by atoms with van der Waals surface area (Å²) in [7, 11) is 0. The molecule has 0 unspecified atom stereocenters. The first-order chi connectivity index (χ1) is 10.3. The molecular weight excluding hydrogens is 284 g/mol. The van der Waals surface area contributed by atoms with E-state index in [4.69, 9.17) is 5.73 Å². The molecule has 0 fully saturated rings. The third-order valence-electron chi connectivity index (χ3n) is 2.87. The predicted molar refractivity (Wildman–Crippen MR) is 83.5 cm³/mol. The Balaban J connectivity index is 1.99. The SMILES string of the molecule is NC(=O)N(c1cccnc1)c1ncc(-c2ccccc2)s1. The Morgan fingerprint density at radius 2 is 1.90 bits per heavy atom. The minimum Gasteiger partial charge on any atom is -0.351 e. The van der Waals surface area contributed by atoms with Gasteiger partial charge in [0.25, 0.3) is 0 Å². The number of thiazole rings is 1. The van der Waals surface area contributed by atoms with Crippen molar-refractivity contribution in [2.24, 2.45) is 5.73 Å². The highest BCUT2D eigenvalue weighted by Gasteiger charge is 2.19. The number of aromatic nitrogens is 2. The minimum atomic E-state index is -0.586. The third kappa shape index (κ3) is 2.75. The Kier molecular flexibility index (Phi) is 3.61. The van der Waals surface area contributed by atoms with E-state index in [1.54, 1.807) is 30.7 Å². The quantitative estimate of drug-likeness (QED) is 0.805. The number of benzene rings is 1. The van der Waals surface area contributed by atoms with E-state index in [-0.39, 0.29) is 0 Å². The monoisotopic (exact) mass is 296 g/mol. The lowest BCUT2D eigenvalue weighted by Crippen LogP contribution is -2.31. The molecule has 3 rings (SSSR count). The van der Waals surface area contributed by atoms with Gasteiger partial charge in [0.1, 0.15) is 0 Å². The number of amides is 2. The molecule has 6 heteroatoms. The molecule has 2 heterocycles. The van der Waals surface area contributed by atoms with Gasteiger partial charge in [0.05, 0.1) is 16.8 Å². The summed E-state index contributed by atoms with van der Waals surface area (Å²) in [6, 6.07) is 12.8. The van der Waals surface area contributed by atoms with Gasteiger partial charge in [0.15, 0.2) is 5.13 Å². The lowest BCUT2D eigenvalue weighted by atomic mass is 10.2. The molecule has 0 radical (unpaired) electrons. The lowest BCUT2D eigenvalue weighted by molar-refractivity contribution is 0.256. The van der Waals surface area contributed by atoms with E-state index in [9.17, 15) is 4.79 Å². The smallest absolute Gasteiger partial charge is 0.325 e. The summed E-state index contributed by atoms with van der Waals surface area (Å²) >= 11 is 1.40. The zero-order valence-electron chi connectivity index (χ0n) is 11.0. The summed E-state index contributed by atoms with van der Waals surface area (Å²) in [6.45, 7) is 0. The number of pyridine rings is 1. The fourth-order valence-electron chi connectivity index (χ4n) is 1.92. The average Bonchev–Trinajstić information content (AvgIpc) is 2.98. The second-order valence-corrected chi connectivity index (χ2v) is 5.27. The molecule has 3 aromatic rings. The molecule has 21 heavy (non-hydrogen) atoms. The molecular formula is C15H12N4OS. The van der Waals surface area contributed by atoms with E-state index in [2.05, 4.69) is 9.97 Å². The Morgan fingerprint density at radius 3 is 2.57 bits per heavy atom. The Morgan fingerprint density at radius 1 is 1.10 bits per heavy atom. The van der Waals surface area contributed by atoms with Gasteiger partial charge in [-0.2, -0.15) is 0 Å². The van der Waals surface area contributed by atoms with E-state index < -0.39 is 6.03 Å². The molecule has 0 atom stereocenters. The van der Waals surface area contributed by atoms with Crippen molar-refractivity contribution in [2.75, 3.05) is 4.90 Å². The highest BCUT2D eigenvalue weighted by molar-refractivity contribution is 7.19. The maximum absolute atomic E-state index is 11.7. The van der Waals surface area contributed by atoms with Crippen molar-refractivity contribution in [3.63, 3.8) is 0 Å². The number of carbonyl (C=O) groups is 1. The molecule has 2 N–H and O–H groups in total. The lowest BCUT2D eigenvalue weighted by Gasteiger charge is -2.16. The molecule has 5 nitrogen and oxygen atoms in total. The van der Waals surface area contributed by atoms with Gasteiger partial charge < -0.3 is 5.73 Å². The van der Waals surface area contributed by atoms with Gasteiger partial charge in [0.2, 0.25) is 0 Å². The molecule has 0 spiro atoms. The third-order valence-corrected chi connectivity index (χ3v) is 3.90. The summed E-state index contributed by atoms with van der Waals surface area (Å²) in [4.78, 5) is 22.4. The van der Waals surface area contributed by atoms with E-state index in [1.807, 2.05) is 30.3 Å². The van der Waals surface area contributed by atoms with Crippen LogP contribution < -0.4 is 10.6 Å². The number of anilines is 2. The van der Waals surface area contributed by atoms with Gasteiger partial charge in [-0.1, -0.05) is 41.7 Å². The summed E-state index contributed by atoms with van der Waals surface area (Å²) in [5, 5.41) is 0.523. The van der Waals surface area contributed by atoms with Crippen LogP contribution in [0.1, 0.15) is 0 Å². The van der Waals surface area contributed by atoms with Crippen LogP contribution in [-0.4, -0.2) is 16.0 Å². The average molecular weight is 296 g/mol. The van der Waals surface area contributed by atoms with Crippen LogP contribution in [0.15, 0.2) is 61.1 Å². The number of carbonyl (C=O) groups excluding carboxylic acids is 1. The van der Waals surface area contributed by atoms with Crippen molar-refractivity contribution in [2.45, 2.75) is 0 Å². The Hall–Kier alpha value is -2.73. The number of primary amides is 1. The summed E-state index contributed by atoms with van der Waals surface area (Å²) in [6.07, 6.45) is 4.95. The molecule has 1 aromatic carbocycles. The van der Waals surface area contributed by atoms with Crippen molar-refractivity contribution < 1.29 is 4.79 Å². The van der Waals surface area contributed by atoms with Crippen molar-refractivity contribution in [1.82, 2.24) is 9.97 Å². The maximum atomic E-state index is 11.7. The van der Waals surface area contributed by atoms with Crippen LogP contribution in [0.4, 0.5) is 15.6 Å². The highest BCUT2D eigenvalue weighted by Crippen LogP contribution is 2.34. The number of nitrogens with two attached hydrogens (primary N) is 1. The Bertz CT molecular complexity index is 743. The van der Waals surface area contributed by atoms with Crippen molar-refractivity contribution >= 4 is 28.2 Å². The summed E-state index contributed by atoms with van der Waals surface area (Å²) in [5.74, 6) is 0. The zero-order chi connectivity index (χ0) is 14.7. The van der Waals surface area contributed by atoms with Crippen LogP contribution in [0.2, 0.25) is 0 Å². The summed E-state index contributed by atoms with van der Waals surface area (Å²) in [5.41, 5.74) is 7.12. The fraction of sp³-hybridized carbons (Fsp3) is 0. The fourth-order valence-corrected chi connectivity index (χ4v) is 2.87. The van der Waals surface area contributed by atoms with Gasteiger partial charge in [-0.25, -0.2) is 14.7 Å². The summed E-state index contributed by atoms with van der Waals surface area (Å²) < 4.78 is 0. The van der Waals surface area contributed by atoms with E-state index in [1.165, 1.54) is 16.2 Å². The Labute approximate surface area is 125 Å². The first kappa shape index (κ1) is 13.3. The molecule has 104 valence electrons. The van der Waals surface area contributed by atoms with Crippen LogP contribution in [0.3, 0.4) is 0 Å². The highest BCUT2D eigenvalue weighted by atomic mass is 32.1. The van der Waals surface area contributed by atoms with Crippen molar-refractivity contribution in [1.29, 1.82) is 0 Å². The van der Waals surface area contributed by atoms with E-state index in [0.717, 1.165) is 10.4 Å². The second kappa shape index (κ2) is 5.72. The van der Waals surface area contributed by atoms with Gasteiger partial charge in [-0.3, -0.25) is 4.98 Å². The molecule has 0 saturated heterocycles. The number of nitrogens with zero attached hydrogens (tertiary/aromatic N) is 3. The molecule has 2 amide bonds. The first-order valence-corrected chi connectivity index (χ1v) is 7.08. The molecule has 2 aromatic heterocycles. The number of hydrogen-bond acceptors (Lipinski definition) is 4. The number of rotatable bonds is 3. The minimum absolute atomic E-state index is 0.523. The van der Waals surface area contributed by atoms with Gasteiger partial charge in [0, 0.05) is 12.4 Å². The van der Waals surface area contributed by atoms with Crippen LogP contribution in [0, 0.1) is 0 Å². The van der Waals surface area contributed by atoms with Gasteiger partial charge in [-0.05, 0) is 17.7 Å². The first-order valence-electron chi connectivity index (χ1n) is 6.26. The van der Waals surface area contributed by atoms with E-state index >= 15 is 0 Å². The van der Waals surface area contributed by atoms with Crippen LogP contribution in [0.5, 0.6) is 0 Å². The number of urea groups is 1. The number of hydrogen-bond donors (Lipinski definition) is 1. The molecule has 0 aliphatic rings. The van der Waals surface area contributed by atoms with Crippen LogP contribution >= 0.6 is 11.3 Å². The van der Waals surface area contributed by atoms with Gasteiger partial charge >= 0.3 is 6.03 Å². The maximum Gasteiger partial charge on any atom is 0.325 e. The largest absolute Gasteiger partial charge is 0.351 e. The second-order valence-electron chi connectivity index (χ2n) is 4.26. The molecule has 0 saturated carbocycles. The van der Waals surface area contributed by atoms with Crippen molar-refractivity contribution in [3.05, 3.63) is 61.1 Å². The molecule has 0 aliphatic heterocycles. The van der Waals surface area contributed by atoms with Gasteiger partial charge in [-0.15, -0.1) is 0 Å². The molecule has 0 bridgehead atoms. The topological polar surface area (TPSA) is 72.1 Å². The normalized spacial score (nSPS) is 10.3. The van der Waals surface area contributed by atoms with Crippen molar-refractivity contribution in [3.8, 4) is 10.4 Å². The van der Waals surface area contributed by atoms with Crippen LogP contribution in [-0.2, 0) is 0 Å². The van der Waals surface area contributed by atoms with Crippen LogP contribution in [0.25, 0.3) is 10.4 Å². The predicted octanol–water partition coefficient (Wildman–Crippen LogP) is 3.42. The molecule has 0 aliphatic carbocycles. The standard InChI is InChI=1S/C15H12N4OS/c16-14(20)19(12-7-4-8-17-9-12)15-18-10-13(21-15)11-5-2-1-3-6-11/h1-10H,(H2,16,20). The van der Waals surface area contributed by atoms with E-state index in [0.29, 0.717) is 10.8 Å². The zero-order valence-corrected chi connectivity index (χ0v) is 11.8.